The summed E-state index contributed by atoms with van der Waals surface area (Å²) in [5.41, 5.74) is 3.37. The molecule has 0 radical (unpaired) electrons. The Balaban J connectivity index is 1.97. The lowest BCUT2D eigenvalue weighted by molar-refractivity contribution is 0.391. The van der Waals surface area contributed by atoms with Gasteiger partial charge in [0.25, 0.3) is 0 Å². The number of hydrogen-bond donors (Lipinski definition) is 0. The van der Waals surface area contributed by atoms with Crippen molar-refractivity contribution in [2.75, 3.05) is 6.54 Å². The number of halogens is 1. The highest BCUT2D eigenvalue weighted by molar-refractivity contribution is 9.10. The molecule has 21 heavy (non-hydrogen) atoms. The van der Waals surface area contributed by atoms with E-state index in [-0.39, 0.29) is 0 Å². The third-order valence-corrected chi connectivity index (χ3v) is 6.62. The first-order valence-electron chi connectivity index (χ1n) is 6.81. The van der Waals surface area contributed by atoms with Crippen molar-refractivity contribution in [1.82, 2.24) is 4.31 Å². The van der Waals surface area contributed by atoms with Crippen molar-refractivity contribution >= 4 is 26.0 Å². The molecule has 3 rings (SSSR count). The van der Waals surface area contributed by atoms with Gasteiger partial charge in [-0.3, -0.25) is 0 Å². The van der Waals surface area contributed by atoms with Gasteiger partial charge in [0.1, 0.15) is 0 Å². The van der Waals surface area contributed by atoms with Gasteiger partial charge in [0.2, 0.25) is 10.0 Å². The summed E-state index contributed by atoms with van der Waals surface area (Å²) in [5, 5.41) is 0. The minimum atomic E-state index is -3.47. The first-order valence-corrected chi connectivity index (χ1v) is 9.05. The van der Waals surface area contributed by atoms with Crippen LogP contribution in [0.1, 0.15) is 16.7 Å². The van der Waals surface area contributed by atoms with Crippen LogP contribution in [0.2, 0.25) is 0 Å². The van der Waals surface area contributed by atoms with Crippen molar-refractivity contribution in [3.05, 3.63) is 63.6 Å². The third kappa shape index (κ3) is 2.78. The number of hydrogen-bond acceptors (Lipinski definition) is 2. The van der Waals surface area contributed by atoms with Crippen molar-refractivity contribution in [1.29, 1.82) is 0 Å². The maximum Gasteiger partial charge on any atom is 0.244 e. The summed E-state index contributed by atoms with van der Waals surface area (Å²) in [6, 6.07) is 13.4. The third-order valence-electron chi connectivity index (χ3n) is 3.80. The Hall–Kier alpha value is -1.17. The Labute approximate surface area is 133 Å². The zero-order valence-corrected chi connectivity index (χ0v) is 14.1. The summed E-state index contributed by atoms with van der Waals surface area (Å²) >= 11 is 3.38. The molecule has 5 heteroatoms. The van der Waals surface area contributed by atoms with Gasteiger partial charge in [-0.25, -0.2) is 8.42 Å². The fourth-order valence-corrected chi connectivity index (χ4v) is 5.20. The maximum absolute atomic E-state index is 12.8. The number of sulfonamides is 1. The maximum atomic E-state index is 12.8. The normalized spacial score (nSPS) is 15.7. The number of nitrogens with zero attached hydrogens (tertiary/aromatic N) is 1. The zero-order valence-electron chi connectivity index (χ0n) is 11.7. The van der Waals surface area contributed by atoms with E-state index in [1.54, 1.807) is 10.4 Å². The van der Waals surface area contributed by atoms with Gasteiger partial charge in [-0.1, -0.05) is 30.3 Å². The SMILES string of the molecule is Cc1ccc(S(=O)(=O)N2CCc3ccccc3C2)c(Br)c1. The molecule has 1 heterocycles. The molecule has 1 aliphatic heterocycles. The molecular formula is C16H16BrNO2S. The topological polar surface area (TPSA) is 37.4 Å². The number of rotatable bonds is 2. The van der Waals surface area contributed by atoms with Crippen LogP contribution in [0, 0.1) is 6.92 Å². The van der Waals surface area contributed by atoms with Crippen LogP contribution < -0.4 is 0 Å². The van der Waals surface area contributed by atoms with Gasteiger partial charge >= 0.3 is 0 Å². The molecule has 0 amide bonds. The molecule has 0 unspecified atom stereocenters. The summed E-state index contributed by atoms with van der Waals surface area (Å²) < 4.78 is 27.8. The van der Waals surface area contributed by atoms with Gasteiger partial charge < -0.3 is 0 Å². The monoisotopic (exact) mass is 365 g/mol. The highest BCUT2D eigenvalue weighted by Gasteiger charge is 2.29. The van der Waals surface area contributed by atoms with Gasteiger partial charge in [-0.05, 0) is 58.1 Å². The Morgan fingerprint density at radius 3 is 2.52 bits per heavy atom. The highest BCUT2D eigenvalue weighted by Crippen LogP contribution is 2.29. The Morgan fingerprint density at radius 1 is 1.10 bits per heavy atom. The van der Waals surface area contributed by atoms with E-state index in [9.17, 15) is 8.42 Å². The van der Waals surface area contributed by atoms with Gasteiger partial charge in [0, 0.05) is 17.6 Å². The predicted molar refractivity (Wildman–Crippen MR) is 86.6 cm³/mol. The lowest BCUT2D eigenvalue weighted by Gasteiger charge is -2.28. The van der Waals surface area contributed by atoms with Crippen molar-refractivity contribution in [3.8, 4) is 0 Å². The van der Waals surface area contributed by atoms with Crippen LogP contribution in [0.15, 0.2) is 51.8 Å². The lowest BCUT2D eigenvalue weighted by atomic mass is 10.0. The van der Waals surface area contributed by atoms with E-state index in [2.05, 4.69) is 22.0 Å². The van der Waals surface area contributed by atoms with Crippen LogP contribution >= 0.6 is 15.9 Å². The fourth-order valence-electron chi connectivity index (χ4n) is 2.63. The average Bonchev–Trinajstić information content (AvgIpc) is 2.46. The van der Waals surface area contributed by atoms with E-state index in [0.717, 1.165) is 17.5 Å². The fraction of sp³-hybridized carbons (Fsp3) is 0.250. The zero-order chi connectivity index (χ0) is 15.0. The van der Waals surface area contributed by atoms with Gasteiger partial charge in [0.15, 0.2) is 0 Å². The molecule has 110 valence electrons. The van der Waals surface area contributed by atoms with E-state index in [1.165, 1.54) is 5.56 Å². The largest absolute Gasteiger partial charge is 0.244 e. The van der Waals surface area contributed by atoms with Crippen LogP contribution in [0.25, 0.3) is 0 Å². The molecule has 0 spiro atoms. The minimum Gasteiger partial charge on any atom is -0.207 e. The molecule has 0 N–H and O–H groups in total. The number of benzene rings is 2. The second-order valence-electron chi connectivity index (χ2n) is 5.29. The van der Waals surface area contributed by atoms with Crippen molar-refractivity contribution < 1.29 is 8.42 Å². The predicted octanol–water partition coefficient (Wildman–Crippen LogP) is 3.50. The van der Waals surface area contributed by atoms with E-state index >= 15 is 0 Å². The molecule has 3 nitrogen and oxygen atoms in total. The number of aryl methyl sites for hydroxylation is 1. The van der Waals surface area contributed by atoms with Crippen LogP contribution in [-0.2, 0) is 23.0 Å². The highest BCUT2D eigenvalue weighted by atomic mass is 79.9. The second kappa shape index (κ2) is 5.55. The summed E-state index contributed by atoms with van der Waals surface area (Å²) in [7, 11) is -3.47. The number of fused-ring (bicyclic) bond motifs is 1. The summed E-state index contributed by atoms with van der Waals surface area (Å²) in [6.07, 6.45) is 0.763. The molecule has 2 aromatic carbocycles. The average molecular weight is 366 g/mol. The second-order valence-corrected chi connectivity index (χ2v) is 8.05. The standard InChI is InChI=1S/C16H16BrNO2S/c1-12-6-7-16(15(17)10-12)21(19,20)18-9-8-13-4-2-3-5-14(13)11-18/h2-7,10H,8-9,11H2,1H3. The Kier molecular flexibility index (Phi) is 3.90. The summed E-state index contributed by atoms with van der Waals surface area (Å²) in [6.45, 7) is 2.91. The van der Waals surface area contributed by atoms with Gasteiger partial charge in [0.05, 0.1) is 4.90 Å². The molecule has 0 fully saturated rings. The molecule has 0 aromatic heterocycles. The smallest absolute Gasteiger partial charge is 0.207 e. The molecular weight excluding hydrogens is 350 g/mol. The molecule has 1 aliphatic rings. The van der Waals surface area contributed by atoms with Crippen molar-refractivity contribution in [3.63, 3.8) is 0 Å². The van der Waals surface area contributed by atoms with Crippen LogP contribution in [0.3, 0.4) is 0 Å². The molecule has 0 aliphatic carbocycles. The quantitative estimate of drug-likeness (QED) is 0.816. The summed E-state index contributed by atoms with van der Waals surface area (Å²) in [5.74, 6) is 0. The Morgan fingerprint density at radius 2 is 1.81 bits per heavy atom. The first kappa shape index (κ1) is 14.8. The molecule has 0 saturated carbocycles. The Bertz CT molecular complexity index is 787. The van der Waals surface area contributed by atoms with Gasteiger partial charge in [-0.2, -0.15) is 4.31 Å². The van der Waals surface area contributed by atoms with Crippen LogP contribution in [0.4, 0.5) is 0 Å². The first-order chi connectivity index (χ1) is 9.98. The van der Waals surface area contributed by atoms with Gasteiger partial charge in [-0.15, -0.1) is 0 Å². The lowest BCUT2D eigenvalue weighted by Crippen LogP contribution is -2.36. The van der Waals surface area contributed by atoms with E-state index < -0.39 is 10.0 Å². The van der Waals surface area contributed by atoms with E-state index in [0.29, 0.717) is 22.5 Å². The summed E-state index contributed by atoms with van der Waals surface area (Å²) in [4.78, 5) is 0.340. The van der Waals surface area contributed by atoms with Crippen molar-refractivity contribution in [2.45, 2.75) is 24.8 Å². The molecule has 0 atom stereocenters. The molecule has 0 bridgehead atoms. The van der Waals surface area contributed by atoms with Crippen LogP contribution in [-0.4, -0.2) is 19.3 Å². The molecule has 2 aromatic rings. The molecule has 0 saturated heterocycles. The van der Waals surface area contributed by atoms with Crippen molar-refractivity contribution in [2.24, 2.45) is 0 Å². The van der Waals surface area contributed by atoms with E-state index in [4.69, 9.17) is 0 Å². The van der Waals surface area contributed by atoms with E-state index in [1.807, 2.05) is 37.3 Å². The van der Waals surface area contributed by atoms with Crippen LogP contribution in [0.5, 0.6) is 0 Å². The minimum absolute atomic E-state index is 0.340.